The Hall–Kier alpha value is -7.16. The first-order valence-corrected chi connectivity index (χ1v) is 29.9. The molecule has 8 N–H and O–H groups in total. The van der Waals surface area contributed by atoms with Gasteiger partial charge in [-0.15, -0.1) is 0 Å². The molecule has 28 nitrogen and oxygen atoms in total. The number of carbonyl (C=O) groups is 4. The van der Waals surface area contributed by atoms with Crippen molar-refractivity contribution in [2.24, 2.45) is 0 Å². The molecule has 3 aromatic heterocycles. The van der Waals surface area contributed by atoms with E-state index in [9.17, 15) is 58.2 Å². The quantitative estimate of drug-likeness (QED) is 0.0409. The number of hydrogen-bond acceptors (Lipinski definition) is 22. The van der Waals surface area contributed by atoms with Gasteiger partial charge < -0.3 is 59.7 Å². The Labute approximate surface area is 562 Å². The molecule has 6 aromatic rings. The first-order chi connectivity index (χ1) is 43.1. The van der Waals surface area contributed by atoms with Crippen LogP contribution in [0.3, 0.4) is 0 Å². The molecule has 0 spiro atoms. The van der Waals surface area contributed by atoms with Crippen molar-refractivity contribution in [1.82, 2.24) is 34.0 Å². The molecule has 0 saturated carbocycles. The molecule has 0 aliphatic carbocycles. The van der Waals surface area contributed by atoms with Gasteiger partial charge in [0.15, 0.2) is 43.1 Å². The fourth-order valence-electron chi connectivity index (χ4n) is 9.95. The number of aryl methyl sites for hydroxylation is 3. The van der Waals surface area contributed by atoms with Gasteiger partial charge in [0.05, 0.1) is 6.61 Å². The van der Waals surface area contributed by atoms with Crippen molar-refractivity contribution in [3.8, 4) is 0 Å². The molecule has 0 amide bonds. The van der Waals surface area contributed by atoms with Crippen LogP contribution in [0.2, 0.25) is 0 Å². The fourth-order valence-corrected chi connectivity index (χ4v) is 10.4. The molecule has 92 heavy (non-hydrogen) atoms. The number of aliphatic hydroxyl groups is 4. The van der Waals surface area contributed by atoms with Gasteiger partial charge in [-0.25, -0.2) is 14.4 Å². The van der Waals surface area contributed by atoms with Crippen LogP contribution in [0.25, 0.3) is 0 Å². The molecule has 3 aliphatic rings. The molecule has 1 radical (unpaired) electrons. The number of carbonyl (C=O) groups excluding carboxylic acids is 4. The smallest absolute Gasteiger partial charge is 0.333 e. The number of ether oxygens (including phenoxy) is 7. The molecule has 12 atom stereocenters. The monoisotopic (exact) mass is 1430 g/mol. The number of H-pyrrole nitrogens is 1. The van der Waals surface area contributed by atoms with Crippen LogP contribution < -0.4 is 39.9 Å². The summed E-state index contributed by atoms with van der Waals surface area (Å²) in [4.78, 5) is 121. The van der Waals surface area contributed by atoms with Crippen molar-refractivity contribution >= 4 is 39.8 Å². The van der Waals surface area contributed by atoms with E-state index in [1.165, 1.54) is 68.5 Å². The molecular formula is C62H80BrN7O21Y. The number of aromatic amines is 1. The molecule has 9 unspecified atom stereocenters. The SMILES string of the molecule is BrCCc1ccccc1.CCC1OC(n2ccc(=O)[nH]c2=O)[C@@H](OC(C)=O)C1OC(C)=O.CCC1OC(n2ccc(=O)n(CCc3ccccc3)c2=O)[C@@H](OC(C)=O)C1OC(C)=O.CO.N.O=c1ccn(C2OC(CO)C(O)[C@@H]2O)c(=O)n1CCc1ccccc1.[Y]. The van der Waals surface area contributed by atoms with E-state index in [0.717, 1.165) is 54.3 Å². The Morgan fingerprint density at radius 3 is 1.20 bits per heavy atom. The normalized spacial score (nSPS) is 22.4. The van der Waals surface area contributed by atoms with Gasteiger partial charge in [0.1, 0.15) is 30.5 Å². The summed E-state index contributed by atoms with van der Waals surface area (Å²) in [5, 5.41) is 37.1. The Bertz CT molecular complexity index is 3640. The molecule has 30 heteroatoms. The predicted octanol–water partition coefficient (Wildman–Crippen LogP) is 2.39. The van der Waals surface area contributed by atoms with Gasteiger partial charge in [-0.2, -0.15) is 0 Å². The number of nitrogens with one attached hydrogen (secondary N) is 1. The molecule has 499 valence electrons. The second-order valence-corrected chi connectivity index (χ2v) is 21.2. The number of alkyl halides is 1. The Balaban J connectivity index is 0.000000332. The van der Waals surface area contributed by atoms with Crippen LogP contribution in [-0.2, 0) is 117 Å². The van der Waals surface area contributed by atoms with E-state index in [-0.39, 0.29) is 51.9 Å². The average Bonchev–Trinajstić information content (AvgIpc) is 1.63. The topological polar surface area (TPSA) is 392 Å². The van der Waals surface area contributed by atoms with Crippen LogP contribution in [0.1, 0.15) is 89.8 Å². The first-order valence-electron chi connectivity index (χ1n) is 28.8. The summed E-state index contributed by atoms with van der Waals surface area (Å²) in [6.45, 7) is 8.42. The van der Waals surface area contributed by atoms with Gasteiger partial charge in [-0.3, -0.25) is 61.4 Å². The largest absolute Gasteiger partial charge is 0.456 e. The van der Waals surface area contributed by atoms with E-state index in [4.69, 9.17) is 43.4 Å². The minimum absolute atomic E-state index is 0. The van der Waals surface area contributed by atoms with Crippen molar-refractivity contribution in [1.29, 1.82) is 0 Å². The van der Waals surface area contributed by atoms with Crippen LogP contribution in [0.5, 0.6) is 0 Å². The number of halogens is 1. The third kappa shape index (κ3) is 22.0. The van der Waals surface area contributed by atoms with Crippen LogP contribution in [0, 0.1) is 0 Å². The molecule has 3 saturated heterocycles. The number of rotatable bonds is 18. The third-order valence-electron chi connectivity index (χ3n) is 14.1. The minimum Gasteiger partial charge on any atom is -0.456 e. The number of benzene rings is 3. The zero-order valence-electron chi connectivity index (χ0n) is 52.0. The van der Waals surface area contributed by atoms with E-state index in [0.29, 0.717) is 25.7 Å². The van der Waals surface area contributed by atoms with E-state index in [1.807, 2.05) is 80.6 Å². The maximum absolute atomic E-state index is 13.2. The summed E-state index contributed by atoms with van der Waals surface area (Å²) in [6.07, 6.45) is -4.90. The zero-order valence-corrected chi connectivity index (χ0v) is 56.5. The van der Waals surface area contributed by atoms with E-state index < -0.39 is 138 Å². The van der Waals surface area contributed by atoms with Gasteiger partial charge in [0.25, 0.3) is 16.7 Å². The number of nitrogens with zero attached hydrogens (tertiary/aromatic N) is 5. The number of esters is 4. The van der Waals surface area contributed by atoms with Crippen molar-refractivity contribution in [2.75, 3.05) is 19.0 Å². The molecule has 3 aliphatic heterocycles. The van der Waals surface area contributed by atoms with E-state index in [2.05, 4.69) is 45.2 Å². The second-order valence-electron chi connectivity index (χ2n) is 20.4. The number of aromatic nitrogens is 6. The molecule has 0 bridgehead atoms. The van der Waals surface area contributed by atoms with E-state index >= 15 is 0 Å². The van der Waals surface area contributed by atoms with Crippen LogP contribution in [-0.4, -0.2) is 146 Å². The first kappa shape index (κ1) is 79.1. The summed E-state index contributed by atoms with van der Waals surface area (Å²) in [5.41, 5.74) is -0.0321. The summed E-state index contributed by atoms with van der Waals surface area (Å²) in [6, 6.07) is 33.0. The van der Waals surface area contributed by atoms with Crippen LogP contribution in [0.15, 0.2) is 157 Å². The summed E-state index contributed by atoms with van der Waals surface area (Å²) in [7, 11) is 1.00. The Kier molecular flexibility index (Phi) is 33.9. The van der Waals surface area contributed by atoms with Crippen molar-refractivity contribution in [3.05, 3.63) is 207 Å². The maximum Gasteiger partial charge on any atom is 0.333 e. The summed E-state index contributed by atoms with van der Waals surface area (Å²) < 4.78 is 43.8. The molecule has 9 rings (SSSR count). The summed E-state index contributed by atoms with van der Waals surface area (Å²) >= 11 is 3.39. The van der Waals surface area contributed by atoms with Gasteiger partial charge in [-0.1, -0.05) is 121 Å². The molecule has 3 aromatic carbocycles. The molecular weight excluding hydrogens is 1350 g/mol. The Morgan fingerprint density at radius 1 is 0.500 bits per heavy atom. The molecule has 6 heterocycles. The summed E-state index contributed by atoms with van der Waals surface area (Å²) in [5.74, 6) is -2.30. The van der Waals surface area contributed by atoms with Crippen molar-refractivity contribution in [3.63, 3.8) is 0 Å². The van der Waals surface area contributed by atoms with Crippen LogP contribution in [0.4, 0.5) is 0 Å². The predicted molar refractivity (Wildman–Crippen MR) is 332 cm³/mol. The standard InChI is InChI=1S/C22H26N2O7.C17H20N2O6.C14H18N2O7.C8H9Br.CH4O.H3N.Y/c1-4-17-19(29-14(2)25)20(30-15(3)26)21(31-17)24-13-11-18(27)23(22(24)28)12-10-16-8-6-5-7-9-16;20-10-12-14(22)15(23)16(25-12)19-9-7-13(21)18(17(19)24)8-6-11-4-2-1-3-5-11;1-4-9-11(21-7(2)17)12(22-8(3)18)13(23-9)16-6-5-10(19)15-14(16)20;9-7-6-8-4-2-1-3-5-8;1-2;;/h5-9,11,13,17,19-21H,4,10,12H2,1-3H3;1-5,7,9,12,14-16,20,22-23H,6,8,10H2;5-6,9,11-13H,4H2,1-3H3,(H,15,19,20);1-5H,6-7H2;2H,1H3;1H3;/t17?,19?,20-,21?;12?,14?,15-,16?;9?,11?,12-,13?;;;;/m000..../s1. The average molecular weight is 1430 g/mol. The van der Waals surface area contributed by atoms with Gasteiger partial charge in [0.2, 0.25) is 0 Å². The third-order valence-corrected chi connectivity index (χ3v) is 14.5. The fraction of sp³-hybridized carbons (Fsp3) is 0.452. The van der Waals surface area contributed by atoms with E-state index in [1.54, 1.807) is 0 Å². The van der Waals surface area contributed by atoms with Gasteiger partial charge >= 0.3 is 40.9 Å². The van der Waals surface area contributed by atoms with Crippen molar-refractivity contribution < 1.29 is 105 Å². The van der Waals surface area contributed by atoms with Crippen molar-refractivity contribution in [2.45, 2.75) is 160 Å². The second kappa shape index (κ2) is 39.4. The van der Waals surface area contributed by atoms with Crippen LogP contribution >= 0.6 is 15.9 Å². The Morgan fingerprint density at radius 2 is 0.848 bits per heavy atom. The van der Waals surface area contributed by atoms with Gasteiger partial charge in [0, 0.05) is 123 Å². The number of hydrogen-bond donors (Lipinski definition) is 6. The minimum atomic E-state index is -1.38. The zero-order chi connectivity index (χ0) is 66.2. The molecule has 3 fully saturated rings. The maximum atomic E-state index is 13.2. The van der Waals surface area contributed by atoms with Gasteiger partial charge in [-0.05, 0) is 48.8 Å². The number of aliphatic hydroxyl groups excluding tert-OH is 4.